The molecule has 0 saturated carbocycles. The highest BCUT2D eigenvalue weighted by atomic mass is 32.2. The van der Waals surface area contributed by atoms with E-state index in [1.165, 1.54) is 16.7 Å². The van der Waals surface area contributed by atoms with Crippen molar-refractivity contribution in [3.63, 3.8) is 0 Å². The molecule has 100 valence electrons. The van der Waals surface area contributed by atoms with Crippen LogP contribution in [0.1, 0.15) is 0 Å². The van der Waals surface area contributed by atoms with Crippen molar-refractivity contribution in [3.05, 3.63) is 34.1 Å². The van der Waals surface area contributed by atoms with Crippen molar-refractivity contribution in [3.8, 4) is 5.75 Å². The lowest BCUT2D eigenvalue weighted by atomic mass is 10.2. The molecule has 19 heavy (non-hydrogen) atoms. The molecule has 1 aromatic carbocycles. The SMILES string of the molecule is COc1ccc(N2C(=O)C3=C(SCCS3)C2O)cc1. The molecule has 0 spiro atoms. The van der Waals surface area contributed by atoms with Gasteiger partial charge >= 0.3 is 0 Å². The van der Waals surface area contributed by atoms with Gasteiger partial charge < -0.3 is 9.84 Å². The van der Waals surface area contributed by atoms with Crippen LogP contribution >= 0.6 is 23.5 Å². The molecule has 0 aliphatic carbocycles. The van der Waals surface area contributed by atoms with Crippen LogP contribution < -0.4 is 9.64 Å². The predicted molar refractivity (Wildman–Crippen MR) is 78.4 cm³/mol. The van der Waals surface area contributed by atoms with Gasteiger partial charge in [-0.15, -0.1) is 23.5 Å². The first kappa shape index (κ1) is 12.9. The summed E-state index contributed by atoms with van der Waals surface area (Å²) in [5.74, 6) is 2.47. The Labute approximate surface area is 119 Å². The van der Waals surface area contributed by atoms with E-state index >= 15 is 0 Å². The Balaban J connectivity index is 1.92. The third-order valence-electron chi connectivity index (χ3n) is 3.05. The Morgan fingerprint density at radius 1 is 1.26 bits per heavy atom. The van der Waals surface area contributed by atoms with Gasteiger partial charge in [0.25, 0.3) is 5.91 Å². The van der Waals surface area contributed by atoms with Crippen molar-refractivity contribution < 1.29 is 14.6 Å². The number of amides is 1. The summed E-state index contributed by atoms with van der Waals surface area (Å²) in [6.07, 6.45) is -0.853. The summed E-state index contributed by atoms with van der Waals surface area (Å²) in [5.41, 5.74) is 0.689. The Morgan fingerprint density at radius 2 is 1.95 bits per heavy atom. The zero-order valence-electron chi connectivity index (χ0n) is 10.3. The number of ether oxygens (including phenoxy) is 1. The van der Waals surface area contributed by atoms with Crippen LogP contribution in [0.4, 0.5) is 5.69 Å². The lowest BCUT2D eigenvalue weighted by Crippen LogP contribution is -2.34. The number of nitrogens with zero attached hydrogens (tertiary/aromatic N) is 1. The summed E-state index contributed by atoms with van der Waals surface area (Å²) in [4.78, 5) is 15.3. The molecule has 0 bridgehead atoms. The van der Waals surface area contributed by atoms with E-state index in [2.05, 4.69) is 0 Å². The summed E-state index contributed by atoms with van der Waals surface area (Å²) in [7, 11) is 1.60. The fourth-order valence-electron chi connectivity index (χ4n) is 2.13. The number of methoxy groups -OCH3 is 1. The molecule has 2 heterocycles. The number of benzene rings is 1. The van der Waals surface area contributed by atoms with E-state index in [0.717, 1.165) is 22.2 Å². The van der Waals surface area contributed by atoms with E-state index in [4.69, 9.17) is 4.74 Å². The highest BCUT2D eigenvalue weighted by Crippen LogP contribution is 2.44. The molecule has 4 nitrogen and oxygen atoms in total. The van der Waals surface area contributed by atoms with Gasteiger partial charge in [0.05, 0.1) is 16.9 Å². The second kappa shape index (κ2) is 5.11. The molecular weight excluding hydrogens is 282 g/mol. The zero-order valence-corrected chi connectivity index (χ0v) is 12.0. The molecule has 0 aromatic heterocycles. The third-order valence-corrected chi connectivity index (χ3v) is 5.67. The number of aliphatic hydroxyl groups is 1. The van der Waals surface area contributed by atoms with E-state index in [1.807, 2.05) is 0 Å². The largest absolute Gasteiger partial charge is 0.497 e. The molecular formula is C13H13NO3S2. The summed E-state index contributed by atoms with van der Waals surface area (Å²) >= 11 is 3.11. The first-order valence-corrected chi connectivity index (χ1v) is 7.85. The van der Waals surface area contributed by atoms with E-state index in [1.54, 1.807) is 43.1 Å². The fraction of sp³-hybridized carbons (Fsp3) is 0.308. The van der Waals surface area contributed by atoms with Gasteiger partial charge in [-0.3, -0.25) is 9.69 Å². The minimum atomic E-state index is -0.853. The Hall–Kier alpha value is -1.11. The van der Waals surface area contributed by atoms with E-state index in [-0.39, 0.29) is 5.91 Å². The van der Waals surface area contributed by atoms with E-state index in [9.17, 15) is 9.90 Å². The summed E-state index contributed by atoms with van der Waals surface area (Å²) in [6.45, 7) is 0. The maximum absolute atomic E-state index is 12.3. The summed E-state index contributed by atoms with van der Waals surface area (Å²) in [5, 5.41) is 10.3. The molecule has 2 aliphatic heterocycles. The Bertz CT molecular complexity index is 541. The minimum absolute atomic E-state index is 0.107. The van der Waals surface area contributed by atoms with Gasteiger partial charge in [0.15, 0.2) is 6.23 Å². The van der Waals surface area contributed by atoms with Gasteiger partial charge in [0, 0.05) is 17.2 Å². The molecule has 1 unspecified atom stereocenters. The molecule has 1 amide bonds. The highest BCUT2D eigenvalue weighted by molar-refractivity contribution is 8.10. The average Bonchev–Trinajstić information content (AvgIpc) is 2.72. The number of thioether (sulfide) groups is 2. The molecule has 3 rings (SSSR count). The summed E-state index contributed by atoms with van der Waals surface area (Å²) < 4.78 is 5.10. The van der Waals surface area contributed by atoms with Crippen molar-refractivity contribution in [2.45, 2.75) is 6.23 Å². The third kappa shape index (κ3) is 2.13. The van der Waals surface area contributed by atoms with Crippen molar-refractivity contribution in [1.82, 2.24) is 0 Å². The predicted octanol–water partition coefficient (Wildman–Crippen LogP) is 2.05. The van der Waals surface area contributed by atoms with Crippen molar-refractivity contribution in [2.75, 3.05) is 23.5 Å². The molecule has 1 N–H and O–H groups in total. The first-order chi connectivity index (χ1) is 9.22. The van der Waals surface area contributed by atoms with Crippen molar-refractivity contribution in [1.29, 1.82) is 0 Å². The molecule has 0 saturated heterocycles. The maximum atomic E-state index is 12.3. The van der Waals surface area contributed by atoms with Crippen LogP contribution in [-0.4, -0.2) is 35.9 Å². The Morgan fingerprint density at radius 3 is 2.58 bits per heavy atom. The van der Waals surface area contributed by atoms with Crippen LogP contribution in [0, 0.1) is 0 Å². The zero-order chi connectivity index (χ0) is 13.4. The second-order valence-electron chi connectivity index (χ2n) is 4.14. The lowest BCUT2D eigenvalue weighted by molar-refractivity contribution is -0.114. The first-order valence-electron chi connectivity index (χ1n) is 5.88. The maximum Gasteiger partial charge on any atom is 0.268 e. The second-order valence-corrected chi connectivity index (χ2v) is 6.38. The number of rotatable bonds is 2. The van der Waals surface area contributed by atoms with Gasteiger partial charge in [-0.1, -0.05) is 0 Å². The van der Waals surface area contributed by atoms with Crippen LogP contribution in [0.15, 0.2) is 34.1 Å². The quantitative estimate of drug-likeness (QED) is 0.905. The number of hydrogen-bond donors (Lipinski definition) is 1. The molecule has 6 heteroatoms. The van der Waals surface area contributed by atoms with Crippen LogP contribution in [0.3, 0.4) is 0 Å². The van der Waals surface area contributed by atoms with Crippen molar-refractivity contribution in [2.24, 2.45) is 0 Å². The minimum Gasteiger partial charge on any atom is -0.497 e. The normalized spacial score (nSPS) is 22.7. The summed E-state index contributed by atoms with van der Waals surface area (Å²) in [6, 6.07) is 7.14. The standard InChI is InChI=1S/C13H13NO3S2/c1-17-9-4-2-8(3-5-9)14-12(15)10-11(13(14)16)19-7-6-18-10/h2-5,12,15H,6-7H2,1H3. The lowest BCUT2D eigenvalue weighted by Gasteiger charge is -2.22. The van der Waals surface area contributed by atoms with E-state index < -0.39 is 6.23 Å². The van der Waals surface area contributed by atoms with Gasteiger partial charge in [-0.05, 0) is 24.3 Å². The molecule has 2 aliphatic rings. The van der Waals surface area contributed by atoms with Crippen LogP contribution in [0.2, 0.25) is 0 Å². The van der Waals surface area contributed by atoms with Gasteiger partial charge in [0.1, 0.15) is 5.75 Å². The number of hydrogen-bond acceptors (Lipinski definition) is 5. The van der Waals surface area contributed by atoms with Crippen LogP contribution in [0.5, 0.6) is 5.75 Å². The van der Waals surface area contributed by atoms with Crippen LogP contribution in [0.25, 0.3) is 0 Å². The van der Waals surface area contributed by atoms with Gasteiger partial charge in [-0.2, -0.15) is 0 Å². The Kier molecular flexibility index (Phi) is 3.47. The molecule has 0 radical (unpaired) electrons. The highest BCUT2D eigenvalue weighted by Gasteiger charge is 2.40. The topological polar surface area (TPSA) is 49.8 Å². The number of carbonyl (C=O) groups excluding carboxylic acids is 1. The fourth-order valence-corrected chi connectivity index (χ4v) is 4.52. The van der Waals surface area contributed by atoms with Gasteiger partial charge in [-0.25, -0.2) is 0 Å². The molecule has 1 atom stereocenters. The monoisotopic (exact) mass is 295 g/mol. The number of aliphatic hydroxyl groups excluding tert-OH is 1. The van der Waals surface area contributed by atoms with E-state index in [0.29, 0.717) is 10.6 Å². The smallest absolute Gasteiger partial charge is 0.268 e. The van der Waals surface area contributed by atoms with Crippen LogP contribution in [-0.2, 0) is 4.79 Å². The number of carbonyl (C=O) groups is 1. The number of anilines is 1. The molecule has 1 aromatic rings. The van der Waals surface area contributed by atoms with Gasteiger partial charge in [0.2, 0.25) is 0 Å². The molecule has 0 fully saturated rings. The average molecular weight is 295 g/mol. The van der Waals surface area contributed by atoms with Crippen molar-refractivity contribution >= 4 is 35.1 Å².